The van der Waals surface area contributed by atoms with E-state index in [1.54, 1.807) is 6.07 Å². The Hall–Kier alpha value is -2.21. The number of phenols is 1. The van der Waals surface area contributed by atoms with Crippen molar-refractivity contribution in [2.24, 2.45) is 13.0 Å². The number of hydrogen-bond acceptors (Lipinski definition) is 2. The maximum Gasteiger partial charge on any atom is 0.125 e. The molecule has 0 saturated heterocycles. The van der Waals surface area contributed by atoms with Crippen molar-refractivity contribution in [1.29, 1.82) is 0 Å². The summed E-state index contributed by atoms with van der Waals surface area (Å²) >= 11 is 0. The third-order valence-corrected chi connectivity index (χ3v) is 5.24. The molecule has 1 fully saturated rings. The second-order valence-corrected chi connectivity index (χ2v) is 8.56. The highest BCUT2D eigenvalue weighted by Gasteiger charge is 2.23. The smallest absolute Gasteiger partial charge is 0.125 e. The van der Waals surface area contributed by atoms with Crippen LogP contribution in [0.25, 0.3) is 11.3 Å². The molecule has 1 saturated carbocycles. The van der Waals surface area contributed by atoms with Crippen LogP contribution in [0.15, 0.2) is 24.4 Å². The molecule has 3 heteroatoms. The summed E-state index contributed by atoms with van der Waals surface area (Å²) in [6.07, 6.45) is 9.74. The van der Waals surface area contributed by atoms with Gasteiger partial charge in [0.25, 0.3) is 0 Å². The van der Waals surface area contributed by atoms with Crippen molar-refractivity contribution in [2.75, 3.05) is 0 Å². The fourth-order valence-corrected chi connectivity index (χ4v) is 3.73. The quantitative estimate of drug-likeness (QED) is 0.735. The molecule has 1 aromatic heterocycles. The Morgan fingerprint density at radius 3 is 2.62 bits per heavy atom. The second-order valence-electron chi connectivity index (χ2n) is 8.56. The lowest BCUT2D eigenvalue weighted by atomic mass is 9.85. The van der Waals surface area contributed by atoms with Crippen molar-refractivity contribution in [3.8, 4) is 28.8 Å². The Labute approximate surface area is 157 Å². The molecular formula is C23H30N2O. The fourth-order valence-electron chi connectivity index (χ4n) is 3.73. The minimum absolute atomic E-state index is 0.0430. The van der Waals surface area contributed by atoms with E-state index in [1.165, 1.54) is 32.1 Å². The van der Waals surface area contributed by atoms with Crippen LogP contribution in [0.4, 0.5) is 0 Å². The number of phenolic OH excluding ortho intramolecular Hbond substituents is 1. The molecule has 0 aliphatic heterocycles. The number of benzene rings is 1. The van der Waals surface area contributed by atoms with E-state index in [2.05, 4.69) is 37.7 Å². The summed E-state index contributed by atoms with van der Waals surface area (Å²) in [5.74, 6) is 7.68. The predicted octanol–water partition coefficient (Wildman–Crippen LogP) is 5.41. The van der Waals surface area contributed by atoms with Crippen LogP contribution in [0.3, 0.4) is 0 Å². The summed E-state index contributed by atoms with van der Waals surface area (Å²) in [5, 5.41) is 15.0. The number of aromatic nitrogens is 2. The van der Waals surface area contributed by atoms with Crippen LogP contribution in [0.1, 0.15) is 70.4 Å². The molecule has 0 spiro atoms. The van der Waals surface area contributed by atoms with Gasteiger partial charge in [0.1, 0.15) is 5.75 Å². The van der Waals surface area contributed by atoms with Crippen LogP contribution in [0.5, 0.6) is 5.75 Å². The van der Waals surface area contributed by atoms with E-state index >= 15 is 0 Å². The van der Waals surface area contributed by atoms with Crippen molar-refractivity contribution < 1.29 is 5.11 Å². The molecule has 3 rings (SSSR count). The molecule has 1 aliphatic carbocycles. The fraction of sp³-hybridized carbons (Fsp3) is 0.522. The standard InChI is InChI=1S/C23H30N2O/c1-23(2,3)20-16-25(4)24-22(20)19-15-18(13-14-21(19)26)12-8-11-17-9-6-5-7-10-17/h13-17,26H,5-7,9-11H2,1-4H3. The highest BCUT2D eigenvalue weighted by Crippen LogP contribution is 2.36. The summed E-state index contributed by atoms with van der Waals surface area (Å²) in [6, 6.07) is 5.61. The Morgan fingerprint density at radius 1 is 1.19 bits per heavy atom. The van der Waals surface area contributed by atoms with E-state index in [-0.39, 0.29) is 11.2 Å². The van der Waals surface area contributed by atoms with E-state index in [4.69, 9.17) is 0 Å². The molecule has 1 heterocycles. The van der Waals surface area contributed by atoms with Gasteiger partial charge in [0.05, 0.1) is 5.69 Å². The zero-order valence-electron chi connectivity index (χ0n) is 16.5. The first-order chi connectivity index (χ1) is 12.3. The Morgan fingerprint density at radius 2 is 1.92 bits per heavy atom. The molecule has 1 aliphatic rings. The van der Waals surface area contributed by atoms with Gasteiger partial charge in [-0.05, 0) is 42.4 Å². The van der Waals surface area contributed by atoms with Gasteiger partial charge in [-0.2, -0.15) is 5.10 Å². The summed E-state index contributed by atoms with van der Waals surface area (Å²) in [6.45, 7) is 6.50. The molecule has 0 bridgehead atoms. The summed E-state index contributed by atoms with van der Waals surface area (Å²) < 4.78 is 1.82. The monoisotopic (exact) mass is 350 g/mol. The van der Waals surface area contributed by atoms with Gasteiger partial charge in [0, 0.05) is 36.4 Å². The third-order valence-electron chi connectivity index (χ3n) is 5.24. The summed E-state index contributed by atoms with van der Waals surface area (Å²) in [4.78, 5) is 0. The largest absolute Gasteiger partial charge is 0.507 e. The molecule has 2 aromatic rings. The van der Waals surface area contributed by atoms with Crippen LogP contribution in [-0.4, -0.2) is 14.9 Å². The van der Waals surface area contributed by atoms with Crippen LogP contribution in [-0.2, 0) is 12.5 Å². The minimum atomic E-state index is -0.0430. The van der Waals surface area contributed by atoms with E-state index in [1.807, 2.05) is 30.1 Å². The van der Waals surface area contributed by atoms with Crippen LogP contribution in [0, 0.1) is 17.8 Å². The average molecular weight is 351 g/mol. The number of rotatable bonds is 2. The maximum absolute atomic E-state index is 10.4. The lowest BCUT2D eigenvalue weighted by Gasteiger charge is -2.19. The topological polar surface area (TPSA) is 38.0 Å². The Bertz CT molecular complexity index is 824. The van der Waals surface area contributed by atoms with E-state index in [0.29, 0.717) is 0 Å². The zero-order chi connectivity index (χ0) is 18.7. The summed E-state index contributed by atoms with van der Waals surface area (Å²) in [5.41, 5.74) is 3.63. The molecule has 138 valence electrons. The van der Waals surface area contributed by atoms with Gasteiger partial charge in [0.15, 0.2) is 0 Å². The van der Waals surface area contributed by atoms with Gasteiger partial charge in [0.2, 0.25) is 0 Å². The Kier molecular flexibility index (Phi) is 5.41. The van der Waals surface area contributed by atoms with Gasteiger partial charge in [-0.15, -0.1) is 0 Å². The van der Waals surface area contributed by atoms with Crippen molar-refractivity contribution in [2.45, 2.75) is 64.7 Å². The molecule has 26 heavy (non-hydrogen) atoms. The van der Waals surface area contributed by atoms with Crippen molar-refractivity contribution in [3.63, 3.8) is 0 Å². The van der Waals surface area contributed by atoms with E-state index in [9.17, 15) is 5.11 Å². The molecule has 0 unspecified atom stereocenters. The number of hydrogen-bond donors (Lipinski definition) is 1. The average Bonchev–Trinajstić information content (AvgIpc) is 2.99. The molecule has 0 radical (unpaired) electrons. The molecule has 0 atom stereocenters. The SMILES string of the molecule is Cn1cc(C(C)(C)C)c(-c2cc(C#CCC3CCCCC3)ccc2O)n1. The predicted molar refractivity (Wildman–Crippen MR) is 107 cm³/mol. The van der Waals surface area contributed by atoms with Crippen LogP contribution in [0.2, 0.25) is 0 Å². The van der Waals surface area contributed by atoms with E-state index < -0.39 is 0 Å². The third kappa shape index (κ3) is 4.30. The van der Waals surface area contributed by atoms with Crippen LogP contribution >= 0.6 is 0 Å². The maximum atomic E-state index is 10.4. The summed E-state index contributed by atoms with van der Waals surface area (Å²) in [7, 11) is 1.92. The van der Waals surface area contributed by atoms with Crippen LogP contribution < -0.4 is 0 Å². The number of aromatic hydroxyl groups is 1. The molecule has 1 aromatic carbocycles. The molecule has 1 N–H and O–H groups in total. The second kappa shape index (κ2) is 7.58. The highest BCUT2D eigenvalue weighted by atomic mass is 16.3. The van der Waals surface area contributed by atoms with Gasteiger partial charge in [-0.25, -0.2) is 0 Å². The van der Waals surface area contributed by atoms with Crippen molar-refractivity contribution in [1.82, 2.24) is 9.78 Å². The van der Waals surface area contributed by atoms with Gasteiger partial charge < -0.3 is 5.11 Å². The van der Waals surface area contributed by atoms with Gasteiger partial charge in [-0.3, -0.25) is 4.68 Å². The van der Waals surface area contributed by atoms with Gasteiger partial charge in [-0.1, -0.05) is 51.9 Å². The lowest BCUT2D eigenvalue weighted by molar-refractivity contribution is 0.365. The first-order valence-electron chi connectivity index (χ1n) is 9.71. The Balaban J connectivity index is 1.87. The van der Waals surface area contributed by atoms with Crippen molar-refractivity contribution in [3.05, 3.63) is 35.5 Å². The van der Waals surface area contributed by atoms with Gasteiger partial charge >= 0.3 is 0 Å². The van der Waals surface area contributed by atoms with E-state index in [0.717, 1.165) is 34.7 Å². The normalized spacial score (nSPS) is 15.5. The number of aryl methyl sites for hydroxylation is 1. The minimum Gasteiger partial charge on any atom is -0.507 e. The zero-order valence-corrected chi connectivity index (χ0v) is 16.5. The molecule has 3 nitrogen and oxygen atoms in total. The number of nitrogens with zero attached hydrogens (tertiary/aromatic N) is 2. The molecular weight excluding hydrogens is 320 g/mol. The molecule has 0 amide bonds. The highest BCUT2D eigenvalue weighted by molar-refractivity contribution is 5.72. The first-order valence-corrected chi connectivity index (χ1v) is 9.71. The first kappa shape index (κ1) is 18.6. The van der Waals surface area contributed by atoms with Crippen molar-refractivity contribution >= 4 is 0 Å². The lowest BCUT2D eigenvalue weighted by Crippen LogP contribution is -2.11.